The van der Waals surface area contributed by atoms with Crippen LogP contribution in [0.3, 0.4) is 0 Å². The van der Waals surface area contributed by atoms with Crippen LogP contribution in [0, 0.1) is 0 Å². The first kappa shape index (κ1) is 12.9. The van der Waals surface area contributed by atoms with E-state index < -0.39 is 0 Å². The minimum atomic E-state index is -0.0819. The van der Waals surface area contributed by atoms with Gasteiger partial charge in [0.05, 0.1) is 11.9 Å². The lowest BCUT2D eigenvalue weighted by Gasteiger charge is -2.25. The number of carbonyl (C=O) groups excluding carboxylic acids is 1. The monoisotopic (exact) mass is 270 g/mol. The number of hydrogen-bond donors (Lipinski definition) is 2. The molecule has 1 aliphatic rings. The van der Waals surface area contributed by atoms with Gasteiger partial charge in [0, 0.05) is 18.4 Å². The number of anilines is 1. The van der Waals surface area contributed by atoms with Crippen molar-refractivity contribution in [2.24, 2.45) is 0 Å². The summed E-state index contributed by atoms with van der Waals surface area (Å²) in [6, 6.07) is 7.85. The van der Waals surface area contributed by atoms with E-state index in [0.717, 1.165) is 31.6 Å². The molecule has 0 aliphatic carbocycles. The van der Waals surface area contributed by atoms with Gasteiger partial charge in [-0.15, -0.1) is 0 Å². The molecule has 2 N–H and O–H groups in total. The third-order valence-corrected chi connectivity index (χ3v) is 3.63. The third kappa shape index (κ3) is 2.72. The molecule has 104 valence electrons. The SMILES string of the molecule is O=C(Nc1cccnc1)c1cccn1C1CCNCC1. The number of pyridine rings is 1. The minimum absolute atomic E-state index is 0.0819. The Hall–Kier alpha value is -2.14. The Kier molecular flexibility index (Phi) is 3.78. The molecule has 1 saturated heterocycles. The molecule has 1 fully saturated rings. The van der Waals surface area contributed by atoms with Crippen LogP contribution in [-0.2, 0) is 0 Å². The van der Waals surface area contributed by atoms with Crippen molar-refractivity contribution in [3.63, 3.8) is 0 Å². The first-order valence-electron chi connectivity index (χ1n) is 6.93. The molecule has 0 bridgehead atoms. The standard InChI is InChI=1S/C15H18N4O/c20-15(18-12-3-1-7-17-11-12)14-4-2-10-19(14)13-5-8-16-9-6-13/h1-4,7,10-11,13,16H,5-6,8-9H2,(H,18,20). The van der Waals surface area contributed by atoms with E-state index in [1.807, 2.05) is 30.5 Å². The number of rotatable bonds is 3. The van der Waals surface area contributed by atoms with Gasteiger partial charge in [-0.2, -0.15) is 0 Å². The summed E-state index contributed by atoms with van der Waals surface area (Å²) in [5, 5.41) is 6.23. The highest BCUT2D eigenvalue weighted by molar-refractivity contribution is 6.03. The summed E-state index contributed by atoms with van der Waals surface area (Å²) in [5.74, 6) is -0.0819. The van der Waals surface area contributed by atoms with E-state index in [1.54, 1.807) is 12.4 Å². The number of amides is 1. The van der Waals surface area contributed by atoms with Crippen molar-refractivity contribution < 1.29 is 4.79 Å². The smallest absolute Gasteiger partial charge is 0.272 e. The molecule has 3 rings (SSSR count). The molecular weight excluding hydrogens is 252 g/mol. The van der Waals surface area contributed by atoms with Gasteiger partial charge in [0.25, 0.3) is 5.91 Å². The normalized spacial score (nSPS) is 16.0. The quantitative estimate of drug-likeness (QED) is 0.897. The predicted octanol–water partition coefficient (Wildman–Crippen LogP) is 2.06. The van der Waals surface area contributed by atoms with Crippen LogP contribution in [0.15, 0.2) is 42.9 Å². The molecule has 0 saturated carbocycles. The fraction of sp³-hybridized carbons (Fsp3) is 0.333. The number of piperidine rings is 1. The fourth-order valence-electron chi connectivity index (χ4n) is 2.62. The molecule has 1 amide bonds. The van der Waals surface area contributed by atoms with Gasteiger partial charge in [-0.05, 0) is 50.2 Å². The van der Waals surface area contributed by atoms with Crippen molar-refractivity contribution in [1.29, 1.82) is 0 Å². The Labute approximate surface area is 118 Å². The fourth-order valence-corrected chi connectivity index (χ4v) is 2.62. The second kappa shape index (κ2) is 5.88. The largest absolute Gasteiger partial charge is 0.340 e. The number of carbonyl (C=O) groups is 1. The van der Waals surface area contributed by atoms with Gasteiger partial charge >= 0.3 is 0 Å². The molecule has 2 aromatic rings. The van der Waals surface area contributed by atoms with Crippen molar-refractivity contribution in [2.75, 3.05) is 18.4 Å². The number of nitrogens with zero attached hydrogens (tertiary/aromatic N) is 2. The number of hydrogen-bond acceptors (Lipinski definition) is 3. The minimum Gasteiger partial charge on any atom is -0.340 e. The van der Waals surface area contributed by atoms with Gasteiger partial charge in [-0.25, -0.2) is 0 Å². The van der Waals surface area contributed by atoms with Crippen LogP contribution in [0.5, 0.6) is 0 Å². The van der Waals surface area contributed by atoms with E-state index in [2.05, 4.69) is 20.2 Å². The van der Waals surface area contributed by atoms with Crippen LogP contribution >= 0.6 is 0 Å². The molecule has 2 aromatic heterocycles. The van der Waals surface area contributed by atoms with E-state index in [1.165, 1.54) is 0 Å². The Balaban J connectivity index is 1.77. The predicted molar refractivity (Wildman–Crippen MR) is 77.8 cm³/mol. The summed E-state index contributed by atoms with van der Waals surface area (Å²) in [4.78, 5) is 16.4. The highest BCUT2D eigenvalue weighted by atomic mass is 16.1. The third-order valence-electron chi connectivity index (χ3n) is 3.63. The average Bonchev–Trinajstić information content (AvgIpc) is 2.99. The molecule has 5 nitrogen and oxygen atoms in total. The van der Waals surface area contributed by atoms with Crippen LogP contribution < -0.4 is 10.6 Å². The maximum absolute atomic E-state index is 12.4. The average molecular weight is 270 g/mol. The Bertz CT molecular complexity index is 573. The summed E-state index contributed by atoms with van der Waals surface area (Å²) < 4.78 is 2.09. The molecule has 0 aromatic carbocycles. The molecule has 0 spiro atoms. The van der Waals surface area contributed by atoms with E-state index in [9.17, 15) is 4.79 Å². The van der Waals surface area contributed by atoms with E-state index in [4.69, 9.17) is 0 Å². The van der Waals surface area contributed by atoms with Crippen LogP contribution in [0.2, 0.25) is 0 Å². The zero-order chi connectivity index (χ0) is 13.8. The zero-order valence-electron chi connectivity index (χ0n) is 11.2. The molecule has 5 heteroatoms. The Morgan fingerprint density at radius 1 is 1.30 bits per heavy atom. The second-order valence-corrected chi connectivity index (χ2v) is 4.98. The van der Waals surface area contributed by atoms with Crippen molar-refractivity contribution in [1.82, 2.24) is 14.9 Å². The van der Waals surface area contributed by atoms with Crippen LogP contribution in [0.1, 0.15) is 29.4 Å². The summed E-state index contributed by atoms with van der Waals surface area (Å²) in [6.07, 6.45) is 7.45. The van der Waals surface area contributed by atoms with Crippen molar-refractivity contribution in [3.05, 3.63) is 48.5 Å². The van der Waals surface area contributed by atoms with Crippen LogP contribution in [0.25, 0.3) is 0 Å². The first-order chi connectivity index (χ1) is 9.84. The van der Waals surface area contributed by atoms with Gasteiger partial charge in [-0.3, -0.25) is 9.78 Å². The van der Waals surface area contributed by atoms with Gasteiger partial charge in [-0.1, -0.05) is 0 Å². The summed E-state index contributed by atoms with van der Waals surface area (Å²) in [7, 11) is 0. The zero-order valence-corrected chi connectivity index (χ0v) is 11.2. The summed E-state index contributed by atoms with van der Waals surface area (Å²) >= 11 is 0. The van der Waals surface area contributed by atoms with Gasteiger partial charge in [0.15, 0.2) is 0 Å². The summed E-state index contributed by atoms with van der Waals surface area (Å²) in [6.45, 7) is 2.01. The lowest BCUT2D eigenvalue weighted by molar-refractivity contribution is 0.101. The molecular formula is C15H18N4O. The lowest BCUT2D eigenvalue weighted by atomic mass is 10.1. The van der Waals surface area contributed by atoms with Crippen LogP contribution in [0.4, 0.5) is 5.69 Å². The molecule has 0 atom stereocenters. The number of aromatic nitrogens is 2. The van der Waals surface area contributed by atoms with E-state index in [-0.39, 0.29) is 5.91 Å². The summed E-state index contributed by atoms with van der Waals surface area (Å²) in [5.41, 5.74) is 1.43. The molecule has 3 heterocycles. The van der Waals surface area contributed by atoms with Crippen molar-refractivity contribution in [3.8, 4) is 0 Å². The molecule has 0 radical (unpaired) electrons. The van der Waals surface area contributed by atoms with E-state index >= 15 is 0 Å². The number of nitrogens with one attached hydrogen (secondary N) is 2. The maximum atomic E-state index is 12.4. The topological polar surface area (TPSA) is 59.0 Å². The van der Waals surface area contributed by atoms with Crippen molar-refractivity contribution >= 4 is 11.6 Å². The maximum Gasteiger partial charge on any atom is 0.272 e. The highest BCUT2D eigenvalue weighted by Crippen LogP contribution is 2.21. The second-order valence-electron chi connectivity index (χ2n) is 4.98. The Morgan fingerprint density at radius 3 is 2.90 bits per heavy atom. The van der Waals surface area contributed by atoms with Crippen molar-refractivity contribution in [2.45, 2.75) is 18.9 Å². The van der Waals surface area contributed by atoms with Gasteiger partial charge in [0.2, 0.25) is 0 Å². The van der Waals surface area contributed by atoms with Gasteiger partial charge < -0.3 is 15.2 Å². The molecule has 0 unspecified atom stereocenters. The van der Waals surface area contributed by atoms with Gasteiger partial charge in [0.1, 0.15) is 5.69 Å². The first-order valence-corrected chi connectivity index (χ1v) is 6.93. The molecule has 1 aliphatic heterocycles. The Morgan fingerprint density at radius 2 is 2.15 bits per heavy atom. The van der Waals surface area contributed by atoms with Crippen LogP contribution in [-0.4, -0.2) is 28.5 Å². The highest BCUT2D eigenvalue weighted by Gasteiger charge is 2.19. The molecule has 20 heavy (non-hydrogen) atoms. The lowest BCUT2D eigenvalue weighted by Crippen LogP contribution is -2.31. The van der Waals surface area contributed by atoms with E-state index in [0.29, 0.717) is 11.7 Å².